The van der Waals surface area contributed by atoms with Gasteiger partial charge in [0.15, 0.2) is 0 Å². The van der Waals surface area contributed by atoms with Gasteiger partial charge in [-0.05, 0) is 0 Å². The summed E-state index contributed by atoms with van der Waals surface area (Å²) in [6, 6.07) is 0. The Morgan fingerprint density at radius 2 is 0.250 bits per heavy atom. The minimum Gasteiger partial charge on any atom is -0.394 e. The Kier molecular flexibility index (Phi) is 25700. The van der Waals surface area contributed by atoms with Gasteiger partial charge < -0.3 is 20.4 Å². The molecule has 0 aromatic heterocycles. The van der Waals surface area contributed by atoms with E-state index in [1.807, 2.05) is 0 Å². The SMILES string of the molecule is C=C.C=C.C=C.C=C.C=C.C=C.C=C.C=C.C=C.C=C.OCCO.OCCO. The van der Waals surface area contributed by atoms with Crippen molar-refractivity contribution < 1.29 is 20.4 Å². The quantitative estimate of drug-likeness (QED) is 0.428. The van der Waals surface area contributed by atoms with Crippen LogP contribution in [-0.4, -0.2) is 46.9 Å². The van der Waals surface area contributed by atoms with Crippen LogP contribution in [0, 0.1) is 0 Å². The Morgan fingerprint density at radius 3 is 0.250 bits per heavy atom. The molecule has 0 aromatic rings. The molecule has 0 aliphatic rings. The van der Waals surface area contributed by atoms with Crippen LogP contribution in [0.3, 0.4) is 0 Å². The summed E-state index contributed by atoms with van der Waals surface area (Å²) in [4.78, 5) is 0. The van der Waals surface area contributed by atoms with Crippen molar-refractivity contribution in [2.45, 2.75) is 0 Å². The Labute approximate surface area is 178 Å². The number of aliphatic hydroxyl groups is 4. The number of rotatable bonds is 2. The van der Waals surface area contributed by atoms with Crippen LogP contribution in [0.1, 0.15) is 0 Å². The average Bonchev–Trinajstić information content (AvgIpc) is 2.91. The predicted octanol–water partition coefficient (Wildman–Crippen LogP) is 5.96. The molecule has 0 heterocycles. The molecular weight excluding hydrogens is 352 g/mol. The first-order valence-electron chi connectivity index (χ1n) is 7.26. The van der Waals surface area contributed by atoms with Crippen molar-refractivity contribution in [2.75, 3.05) is 26.4 Å². The van der Waals surface area contributed by atoms with Crippen LogP contribution >= 0.6 is 0 Å². The van der Waals surface area contributed by atoms with Gasteiger partial charge in [0.1, 0.15) is 0 Å². The van der Waals surface area contributed by atoms with Gasteiger partial charge in [-0.3, -0.25) is 0 Å². The van der Waals surface area contributed by atoms with E-state index in [1.165, 1.54) is 0 Å². The average molecular weight is 405 g/mol. The van der Waals surface area contributed by atoms with Gasteiger partial charge in [-0.15, -0.1) is 132 Å². The number of hydrogen-bond acceptors (Lipinski definition) is 4. The van der Waals surface area contributed by atoms with Gasteiger partial charge in [0, 0.05) is 0 Å². The summed E-state index contributed by atoms with van der Waals surface area (Å²) in [5.41, 5.74) is 0. The zero-order valence-electron chi connectivity index (χ0n) is 18.8. The van der Waals surface area contributed by atoms with Crippen LogP contribution < -0.4 is 0 Å². The summed E-state index contributed by atoms with van der Waals surface area (Å²) >= 11 is 0. The zero-order valence-corrected chi connectivity index (χ0v) is 18.8. The highest BCUT2D eigenvalue weighted by Crippen LogP contribution is 1.40. The van der Waals surface area contributed by atoms with Crippen LogP contribution in [0.15, 0.2) is 132 Å². The van der Waals surface area contributed by atoms with Gasteiger partial charge in [0.25, 0.3) is 0 Å². The maximum absolute atomic E-state index is 7.62. The standard InChI is InChI=1S/2C2H6O2.10C2H4/c2*3-1-2-4;10*1-2/h2*3-4H,1-2H2;10*1-2H2. The molecule has 0 aliphatic heterocycles. The topological polar surface area (TPSA) is 80.9 Å². The number of aliphatic hydroxyl groups excluding tert-OH is 4. The summed E-state index contributed by atoms with van der Waals surface area (Å²) in [5, 5.41) is 30.5. The molecule has 0 radical (unpaired) electrons. The van der Waals surface area contributed by atoms with Gasteiger partial charge >= 0.3 is 0 Å². The summed E-state index contributed by atoms with van der Waals surface area (Å²) < 4.78 is 0. The lowest BCUT2D eigenvalue weighted by atomic mass is 10.8. The monoisotopic (exact) mass is 404 g/mol. The van der Waals surface area contributed by atoms with Gasteiger partial charge in [-0.25, -0.2) is 0 Å². The van der Waals surface area contributed by atoms with Gasteiger partial charge in [0.05, 0.1) is 26.4 Å². The molecule has 0 saturated heterocycles. The van der Waals surface area contributed by atoms with E-state index in [9.17, 15) is 0 Å². The third kappa shape index (κ3) is 19900. The predicted molar refractivity (Wildman–Crippen MR) is 141 cm³/mol. The van der Waals surface area contributed by atoms with Crippen molar-refractivity contribution in [3.05, 3.63) is 132 Å². The second-order valence-electron chi connectivity index (χ2n) is 0.894. The van der Waals surface area contributed by atoms with Crippen molar-refractivity contribution in [3.8, 4) is 0 Å². The fourth-order valence-electron chi connectivity index (χ4n) is 0. The Bertz CT molecular complexity index is 82.0. The van der Waals surface area contributed by atoms with Crippen LogP contribution in [0.25, 0.3) is 0 Å². The lowest BCUT2D eigenvalue weighted by molar-refractivity contribution is 0.186. The highest BCUT2D eigenvalue weighted by Gasteiger charge is 1.58. The van der Waals surface area contributed by atoms with E-state index >= 15 is 0 Å². The molecule has 0 fully saturated rings. The number of hydrogen-bond donors (Lipinski definition) is 4. The molecule has 0 unspecified atom stereocenters. The molecule has 4 N–H and O–H groups in total. The first-order valence-corrected chi connectivity index (χ1v) is 7.26. The summed E-state index contributed by atoms with van der Waals surface area (Å²) in [6.45, 7) is 59.5. The van der Waals surface area contributed by atoms with Crippen molar-refractivity contribution in [1.29, 1.82) is 0 Å². The van der Waals surface area contributed by atoms with Crippen molar-refractivity contribution in [1.82, 2.24) is 0 Å². The maximum atomic E-state index is 7.62. The first kappa shape index (κ1) is 84.6. The Morgan fingerprint density at radius 1 is 0.214 bits per heavy atom. The van der Waals surface area contributed by atoms with E-state index in [-0.39, 0.29) is 26.4 Å². The second kappa shape index (κ2) is 8510. The molecule has 0 aliphatic carbocycles. The normalized spacial score (nSPS) is 3.57. The lowest BCUT2D eigenvalue weighted by Gasteiger charge is -1.70. The molecule has 0 saturated carbocycles. The fourth-order valence-corrected chi connectivity index (χ4v) is 0. The van der Waals surface area contributed by atoms with Crippen molar-refractivity contribution >= 4 is 0 Å². The zero-order chi connectivity index (χ0) is 26.8. The third-order valence-corrected chi connectivity index (χ3v) is 0.200. The Hall–Kier alpha value is -2.76. The van der Waals surface area contributed by atoms with Crippen LogP contribution in [0.4, 0.5) is 0 Å². The lowest BCUT2D eigenvalue weighted by Crippen LogP contribution is -1.85. The van der Waals surface area contributed by atoms with Crippen LogP contribution in [0.2, 0.25) is 0 Å². The smallest absolute Gasteiger partial charge is 0.0662 e. The van der Waals surface area contributed by atoms with Gasteiger partial charge in [0.2, 0.25) is 0 Å². The van der Waals surface area contributed by atoms with E-state index in [0.717, 1.165) is 0 Å². The highest BCUT2D eigenvalue weighted by molar-refractivity contribution is 4.24. The van der Waals surface area contributed by atoms with Crippen molar-refractivity contribution in [3.63, 3.8) is 0 Å². The van der Waals surface area contributed by atoms with E-state index in [4.69, 9.17) is 20.4 Å². The second-order valence-corrected chi connectivity index (χ2v) is 0.894. The van der Waals surface area contributed by atoms with Crippen LogP contribution in [-0.2, 0) is 0 Å². The summed E-state index contributed by atoms with van der Waals surface area (Å²) in [5.74, 6) is 0. The molecule has 0 atom stereocenters. The molecule has 4 heteroatoms. The van der Waals surface area contributed by atoms with E-state index < -0.39 is 0 Å². The molecular formula is C24H52O4. The molecule has 0 spiro atoms. The summed E-state index contributed by atoms with van der Waals surface area (Å²) in [7, 11) is 0. The largest absolute Gasteiger partial charge is 0.394 e. The molecule has 0 amide bonds. The van der Waals surface area contributed by atoms with E-state index in [2.05, 4.69) is 132 Å². The highest BCUT2D eigenvalue weighted by atomic mass is 16.3. The summed E-state index contributed by atoms with van der Waals surface area (Å²) in [6.07, 6.45) is 0. The molecule has 0 bridgehead atoms. The van der Waals surface area contributed by atoms with E-state index in [0.29, 0.717) is 0 Å². The van der Waals surface area contributed by atoms with Gasteiger partial charge in [-0.2, -0.15) is 0 Å². The molecule has 4 nitrogen and oxygen atoms in total. The van der Waals surface area contributed by atoms with Crippen molar-refractivity contribution in [2.24, 2.45) is 0 Å². The first-order chi connectivity index (χ1) is 13.8. The minimum atomic E-state index is -0.125. The van der Waals surface area contributed by atoms with E-state index in [1.54, 1.807) is 0 Å². The molecule has 28 heavy (non-hydrogen) atoms. The molecule has 0 rings (SSSR count). The maximum Gasteiger partial charge on any atom is 0.0662 e. The van der Waals surface area contributed by atoms with Gasteiger partial charge in [-0.1, -0.05) is 0 Å². The molecule has 0 aromatic carbocycles. The molecule has 172 valence electrons. The minimum absolute atomic E-state index is 0.125. The Balaban J connectivity index is -0.0000000102. The fraction of sp³-hybridized carbons (Fsp3) is 0.167. The van der Waals surface area contributed by atoms with Crippen LogP contribution in [0.5, 0.6) is 0 Å². The third-order valence-electron chi connectivity index (χ3n) is 0.200.